The Morgan fingerprint density at radius 2 is 1.76 bits per heavy atom. The number of guanidine groups is 1. The lowest BCUT2D eigenvalue weighted by molar-refractivity contribution is 0.120. The van der Waals surface area contributed by atoms with Gasteiger partial charge in [0, 0.05) is 52.4 Å². The van der Waals surface area contributed by atoms with Crippen molar-refractivity contribution in [3.63, 3.8) is 0 Å². The largest absolute Gasteiger partial charge is 0.356 e. The number of piperidine rings is 1. The second kappa shape index (κ2) is 11.0. The van der Waals surface area contributed by atoms with Crippen molar-refractivity contribution in [2.24, 2.45) is 10.9 Å². The molecule has 2 rings (SSSR count). The molecule has 6 nitrogen and oxygen atoms in total. The zero-order valence-corrected chi connectivity index (χ0v) is 16.9. The lowest BCUT2D eigenvalue weighted by Gasteiger charge is -2.36. The first-order valence-electron chi connectivity index (χ1n) is 10.2. The minimum atomic E-state index is 0.544. The van der Waals surface area contributed by atoms with Gasteiger partial charge in [-0.1, -0.05) is 6.92 Å². The molecule has 0 saturated carbocycles. The van der Waals surface area contributed by atoms with Gasteiger partial charge in [0.15, 0.2) is 5.96 Å². The third kappa shape index (κ3) is 7.50. The van der Waals surface area contributed by atoms with Gasteiger partial charge < -0.3 is 20.4 Å². The van der Waals surface area contributed by atoms with Gasteiger partial charge in [-0.25, -0.2) is 0 Å². The van der Waals surface area contributed by atoms with E-state index in [1.807, 2.05) is 7.05 Å². The quantitative estimate of drug-likeness (QED) is 0.405. The number of rotatable bonds is 7. The number of hydrogen-bond donors (Lipinski definition) is 2. The van der Waals surface area contributed by atoms with Crippen molar-refractivity contribution in [1.82, 2.24) is 25.3 Å². The number of nitrogens with one attached hydrogen (secondary N) is 2. The minimum Gasteiger partial charge on any atom is -0.356 e. The number of nitrogens with zero attached hydrogens (tertiary/aromatic N) is 4. The zero-order valence-electron chi connectivity index (χ0n) is 16.9. The fourth-order valence-electron chi connectivity index (χ4n) is 3.65. The summed E-state index contributed by atoms with van der Waals surface area (Å²) in [7, 11) is 4.07. The van der Waals surface area contributed by atoms with E-state index in [2.05, 4.69) is 51.2 Å². The van der Waals surface area contributed by atoms with Gasteiger partial charge in [-0.2, -0.15) is 0 Å². The summed E-state index contributed by atoms with van der Waals surface area (Å²) in [6.45, 7) is 15.1. The number of aliphatic imine (C=N–C) groups is 1. The van der Waals surface area contributed by atoms with E-state index in [-0.39, 0.29) is 0 Å². The fourth-order valence-corrected chi connectivity index (χ4v) is 3.65. The average molecular weight is 353 g/mol. The molecule has 0 amide bonds. The van der Waals surface area contributed by atoms with Crippen LogP contribution in [-0.2, 0) is 0 Å². The van der Waals surface area contributed by atoms with E-state index in [9.17, 15) is 0 Å². The number of hydrogen-bond acceptors (Lipinski definition) is 4. The molecule has 0 aromatic carbocycles. The van der Waals surface area contributed by atoms with E-state index in [1.165, 1.54) is 65.1 Å². The molecule has 2 heterocycles. The topological polar surface area (TPSA) is 46.1 Å². The van der Waals surface area contributed by atoms with E-state index < -0.39 is 0 Å². The van der Waals surface area contributed by atoms with Crippen LogP contribution in [0.1, 0.15) is 33.1 Å². The van der Waals surface area contributed by atoms with Crippen LogP contribution < -0.4 is 10.6 Å². The van der Waals surface area contributed by atoms with Crippen molar-refractivity contribution in [3.05, 3.63) is 0 Å². The van der Waals surface area contributed by atoms with Crippen molar-refractivity contribution in [2.45, 2.75) is 39.2 Å². The second-order valence-electron chi connectivity index (χ2n) is 7.95. The molecule has 0 bridgehead atoms. The third-order valence-electron chi connectivity index (χ3n) is 5.77. The highest BCUT2D eigenvalue weighted by Gasteiger charge is 2.19. The van der Waals surface area contributed by atoms with Crippen molar-refractivity contribution in [3.8, 4) is 0 Å². The summed E-state index contributed by atoms with van der Waals surface area (Å²) < 4.78 is 0. The van der Waals surface area contributed by atoms with E-state index in [1.54, 1.807) is 0 Å². The highest BCUT2D eigenvalue weighted by Crippen LogP contribution is 2.15. The van der Waals surface area contributed by atoms with E-state index in [4.69, 9.17) is 0 Å². The smallest absolute Gasteiger partial charge is 0.191 e. The molecule has 0 aromatic rings. The molecule has 1 atom stereocenters. The number of piperazine rings is 1. The lowest BCUT2D eigenvalue weighted by Crippen LogP contribution is -2.52. The summed E-state index contributed by atoms with van der Waals surface area (Å²) >= 11 is 0. The standard InChI is InChI=1S/C19H40N6/c1-17-6-10-24(11-7-17)9-5-8-21-19(20-3)22-16-18(2)25-14-12-23(4)13-15-25/h17-18H,5-16H2,1-4H3,(H2,20,21,22). The zero-order chi connectivity index (χ0) is 18.1. The van der Waals surface area contributed by atoms with Crippen LogP contribution in [0, 0.1) is 5.92 Å². The maximum Gasteiger partial charge on any atom is 0.191 e. The molecule has 2 fully saturated rings. The van der Waals surface area contributed by atoms with Crippen LogP contribution in [0.3, 0.4) is 0 Å². The number of likely N-dealkylation sites (tertiary alicyclic amines) is 1. The molecule has 0 spiro atoms. The second-order valence-corrected chi connectivity index (χ2v) is 7.95. The van der Waals surface area contributed by atoms with Crippen LogP contribution in [0.5, 0.6) is 0 Å². The third-order valence-corrected chi connectivity index (χ3v) is 5.77. The molecule has 0 aliphatic carbocycles. The summed E-state index contributed by atoms with van der Waals surface area (Å²) in [4.78, 5) is 11.9. The SMILES string of the molecule is CN=C(NCCCN1CCC(C)CC1)NCC(C)N1CCN(C)CC1. The summed E-state index contributed by atoms with van der Waals surface area (Å²) in [5.41, 5.74) is 0. The summed E-state index contributed by atoms with van der Waals surface area (Å²) in [6.07, 6.45) is 3.91. The molecule has 1 unspecified atom stereocenters. The molecular weight excluding hydrogens is 312 g/mol. The van der Waals surface area contributed by atoms with Gasteiger partial charge in [-0.15, -0.1) is 0 Å². The van der Waals surface area contributed by atoms with E-state index in [0.717, 1.165) is 25.0 Å². The number of likely N-dealkylation sites (N-methyl/N-ethyl adjacent to an activating group) is 1. The van der Waals surface area contributed by atoms with Gasteiger partial charge in [-0.3, -0.25) is 9.89 Å². The summed E-state index contributed by atoms with van der Waals surface area (Å²) in [5, 5.41) is 6.96. The Labute approximate surface area is 155 Å². The maximum absolute atomic E-state index is 4.37. The highest BCUT2D eigenvalue weighted by molar-refractivity contribution is 5.79. The molecule has 25 heavy (non-hydrogen) atoms. The maximum atomic E-state index is 4.37. The van der Waals surface area contributed by atoms with E-state index >= 15 is 0 Å². The van der Waals surface area contributed by atoms with Crippen molar-refractivity contribution >= 4 is 5.96 Å². The lowest BCUT2D eigenvalue weighted by atomic mass is 9.99. The van der Waals surface area contributed by atoms with Gasteiger partial charge >= 0.3 is 0 Å². The van der Waals surface area contributed by atoms with Crippen LogP contribution in [0.15, 0.2) is 4.99 Å². The van der Waals surface area contributed by atoms with Crippen LogP contribution in [0.25, 0.3) is 0 Å². The van der Waals surface area contributed by atoms with Crippen LogP contribution in [-0.4, -0.2) is 99.7 Å². The Bertz CT molecular complexity index is 383. The molecule has 2 aliphatic rings. The van der Waals surface area contributed by atoms with Crippen LogP contribution in [0.2, 0.25) is 0 Å². The average Bonchev–Trinajstić information content (AvgIpc) is 2.63. The monoisotopic (exact) mass is 352 g/mol. The first-order chi connectivity index (χ1) is 12.1. The van der Waals surface area contributed by atoms with Gasteiger partial charge in [0.25, 0.3) is 0 Å². The molecular formula is C19H40N6. The van der Waals surface area contributed by atoms with Gasteiger partial charge in [0.05, 0.1) is 0 Å². The minimum absolute atomic E-state index is 0.544. The Kier molecular flexibility index (Phi) is 8.99. The highest BCUT2D eigenvalue weighted by atomic mass is 15.3. The summed E-state index contributed by atoms with van der Waals surface area (Å²) in [5.74, 6) is 1.85. The molecule has 2 aliphatic heterocycles. The molecule has 2 N–H and O–H groups in total. The Balaban J connectivity index is 1.56. The van der Waals surface area contributed by atoms with Crippen molar-refractivity contribution in [2.75, 3.05) is 73.0 Å². The first-order valence-corrected chi connectivity index (χ1v) is 10.2. The molecule has 2 saturated heterocycles. The molecule has 6 heteroatoms. The fraction of sp³-hybridized carbons (Fsp3) is 0.947. The normalized spacial score (nSPS) is 23.6. The summed E-state index contributed by atoms with van der Waals surface area (Å²) in [6, 6.07) is 0.544. The van der Waals surface area contributed by atoms with E-state index in [0.29, 0.717) is 6.04 Å². The van der Waals surface area contributed by atoms with Crippen LogP contribution >= 0.6 is 0 Å². The molecule has 146 valence electrons. The van der Waals surface area contributed by atoms with Crippen molar-refractivity contribution < 1.29 is 0 Å². The van der Waals surface area contributed by atoms with Gasteiger partial charge in [0.1, 0.15) is 0 Å². The Hall–Kier alpha value is -0.850. The predicted molar refractivity (Wildman–Crippen MR) is 107 cm³/mol. The predicted octanol–water partition coefficient (Wildman–Crippen LogP) is 0.909. The molecule has 0 radical (unpaired) electrons. The van der Waals surface area contributed by atoms with Crippen molar-refractivity contribution in [1.29, 1.82) is 0 Å². The molecule has 0 aromatic heterocycles. The first kappa shape index (κ1) is 20.5. The van der Waals surface area contributed by atoms with Gasteiger partial charge in [-0.05, 0) is 58.8 Å². The Morgan fingerprint density at radius 1 is 1.08 bits per heavy atom. The Morgan fingerprint density at radius 3 is 2.40 bits per heavy atom. The van der Waals surface area contributed by atoms with Gasteiger partial charge in [0.2, 0.25) is 0 Å². The van der Waals surface area contributed by atoms with Crippen LogP contribution in [0.4, 0.5) is 0 Å².